The van der Waals surface area contributed by atoms with Crippen molar-refractivity contribution in [2.45, 2.75) is 11.6 Å². The maximum atomic E-state index is 5.71. The lowest BCUT2D eigenvalue weighted by molar-refractivity contribution is 0.777. The van der Waals surface area contributed by atoms with Crippen molar-refractivity contribution in [3.63, 3.8) is 0 Å². The van der Waals surface area contributed by atoms with Crippen molar-refractivity contribution < 1.29 is 0 Å². The molecule has 0 spiro atoms. The van der Waals surface area contributed by atoms with Crippen molar-refractivity contribution in [3.8, 4) is 0 Å². The Bertz CT molecular complexity index is 466. The molecule has 1 aromatic carbocycles. The van der Waals surface area contributed by atoms with Crippen molar-refractivity contribution in [1.82, 2.24) is 15.3 Å². The fourth-order valence-electron chi connectivity index (χ4n) is 1.49. The molecule has 86 valence electrons. The summed E-state index contributed by atoms with van der Waals surface area (Å²) in [7, 11) is 1.97. The van der Waals surface area contributed by atoms with Gasteiger partial charge in [0.05, 0.1) is 11.0 Å². The van der Waals surface area contributed by atoms with E-state index >= 15 is 0 Å². The van der Waals surface area contributed by atoms with Gasteiger partial charge in [0.25, 0.3) is 0 Å². The average molecular weight is 236 g/mol. The number of fused-ring (bicyclic) bond motifs is 1. The molecule has 0 radical (unpaired) electrons. The molecular weight excluding hydrogens is 220 g/mol. The van der Waals surface area contributed by atoms with Gasteiger partial charge in [-0.15, -0.1) is 0 Å². The van der Waals surface area contributed by atoms with Gasteiger partial charge in [-0.1, -0.05) is 11.8 Å². The van der Waals surface area contributed by atoms with Crippen LogP contribution in [0.2, 0.25) is 0 Å². The lowest BCUT2D eigenvalue weighted by atomic mass is 10.3. The minimum atomic E-state index is 0.767. The number of nitrogens with two attached hydrogens (primary N) is 1. The van der Waals surface area contributed by atoms with Crippen molar-refractivity contribution in [3.05, 3.63) is 18.2 Å². The van der Waals surface area contributed by atoms with Gasteiger partial charge in [-0.25, -0.2) is 4.98 Å². The number of anilines is 1. The van der Waals surface area contributed by atoms with Gasteiger partial charge in [0.15, 0.2) is 5.16 Å². The topological polar surface area (TPSA) is 66.7 Å². The number of hydrogen-bond donors (Lipinski definition) is 3. The molecule has 0 amide bonds. The first-order valence-electron chi connectivity index (χ1n) is 5.32. The Labute approximate surface area is 99.0 Å². The zero-order valence-corrected chi connectivity index (χ0v) is 10.1. The van der Waals surface area contributed by atoms with Gasteiger partial charge in [-0.05, 0) is 38.2 Å². The van der Waals surface area contributed by atoms with Gasteiger partial charge >= 0.3 is 0 Å². The number of rotatable bonds is 5. The molecular formula is C11H16N4S. The molecule has 0 saturated heterocycles. The predicted molar refractivity (Wildman–Crippen MR) is 69.8 cm³/mol. The molecule has 0 aliphatic rings. The summed E-state index contributed by atoms with van der Waals surface area (Å²) in [4.78, 5) is 7.75. The molecule has 1 heterocycles. The molecule has 0 aliphatic carbocycles. The van der Waals surface area contributed by atoms with Crippen LogP contribution in [-0.2, 0) is 0 Å². The predicted octanol–water partition coefficient (Wildman–Crippen LogP) is 1.85. The third kappa shape index (κ3) is 2.68. The van der Waals surface area contributed by atoms with E-state index in [1.807, 2.05) is 25.2 Å². The van der Waals surface area contributed by atoms with Crippen LogP contribution in [0.4, 0.5) is 5.69 Å². The van der Waals surface area contributed by atoms with Crippen LogP contribution in [0.5, 0.6) is 0 Å². The molecule has 0 bridgehead atoms. The Morgan fingerprint density at radius 1 is 1.50 bits per heavy atom. The Morgan fingerprint density at radius 2 is 2.38 bits per heavy atom. The van der Waals surface area contributed by atoms with Crippen molar-refractivity contribution in [1.29, 1.82) is 0 Å². The molecule has 0 atom stereocenters. The number of hydrogen-bond acceptors (Lipinski definition) is 4. The van der Waals surface area contributed by atoms with Crippen LogP contribution in [0.25, 0.3) is 11.0 Å². The summed E-state index contributed by atoms with van der Waals surface area (Å²) < 4.78 is 0. The largest absolute Gasteiger partial charge is 0.399 e. The molecule has 16 heavy (non-hydrogen) atoms. The van der Waals surface area contributed by atoms with Crippen LogP contribution < -0.4 is 11.1 Å². The first-order valence-corrected chi connectivity index (χ1v) is 6.31. The third-order valence-electron chi connectivity index (χ3n) is 2.29. The number of benzene rings is 1. The van der Waals surface area contributed by atoms with E-state index in [0.717, 1.165) is 40.6 Å². The standard InChI is InChI=1S/C11H16N4S/c1-13-5-2-6-16-11-14-9-4-3-8(12)7-10(9)15-11/h3-4,7,13H,2,5-6,12H2,1H3,(H,14,15). The number of nitrogens with one attached hydrogen (secondary N) is 2. The van der Waals surface area contributed by atoms with Crippen LogP contribution in [0.15, 0.2) is 23.4 Å². The Kier molecular flexibility index (Phi) is 3.69. The number of thioether (sulfide) groups is 1. The third-order valence-corrected chi connectivity index (χ3v) is 3.25. The van der Waals surface area contributed by atoms with E-state index < -0.39 is 0 Å². The molecule has 2 rings (SSSR count). The first-order chi connectivity index (χ1) is 7.79. The molecule has 1 aromatic heterocycles. The smallest absolute Gasteiger partial charge is 0.166 e. The molecule has 0 saturated carbocycles. The molecule has 5 heteroatoms. The number of imidazole rings is 1. The van der Waals surface area contributed by atoms with Crippen molar-refractivity contribution >= 4 is 28.5 Å². The Morgan fingerprint density at radius 3 is 3.19 bits per heavy atom. The molecule has 0 fully saturated rings. The van der Waals surface area contributed by atoms with Crippen molar-refractivity contribution in [2.75, 3.05) is 25.1 Å². The van der Waals surface area contributed by atoms with Crippen LogP contribution >= 0.6 is 11.8 Å². The van der Waals surface area contributed by atoms with Gasteiger partial charge in [-0.2, -0.15) is 0 Å². The number of H-pyrrole nitrogens is 1. The fourth-order valence-corrected chi connectivity index (χ4v) is 2.32. The summed E-state index contributed by atoms with van der Waals surface area (Å²) in [5.74, 6) is 1.07. The zero-order chi connectivity index (χ0) is 11.4. The molecule has 4 N–H and O–H groups in total. The normalized spacial score (nSPS) is 11.1. The summed E-state index contributed by atoms with van der Waals surface area (Å²) >= 11 is 1.74. The Hall–Kier alpha value is -1.20. The summed E-state index contributed by atoms with van der Waals surface area (Å²) in [5.41, 5.74) is 8.46. The zero-order valence-electron chi connectivity index (χ0n) is 9.29. The van der Waals surface area contributed by atoms with Crippen LogP contribution in [-0.4, -0.2) is 29.3 Å². The number of nitrogen functional groups attached to an aromatic ring is 1. The fraction of sp³-hybridized carbons (Fsp3) is 0.364. The molecule has 2 aromatic rings. The maximum Gasteiger partial charge on any atom is 0.166 e. The van der Waals surface area contributed by atoms with E-state index in [2.05, 4.69) is 15.3 Å². The summed E-state index contributed by atoms with van der Waals surface area (Å²) in [5, 5.41) is 4.10. The number of aromatic amines is 1. The van der Waals surface area contributed by atoms with E-state index in [9.17, 15) is 0 Å². The average Bonchev–Trinajstić information content (AvgIpc) is 2.66. The van der Waals surface area contributed by atoms with Crippen LogP contribution in [0.1, 0.15) is 6.42 Å². The second kappa shape index (κ2) is 5.23. The highest BCUT2D eigenvalue weighted by Gasteiger charge is 2.02. The SMILES string of the molecule is CNCCCSc1nc2ccc(N)cc2[nH]1. The van der Waals surface area contributed by atoms with Crippen LogP contribution in [0.3, 0.4) is 0 Å². The first kappa shape index (κ1) is 11.3. The van der Waals surface area contributed by atoms with Gasteiger partial charge in [-0.3, -0.25) is 0 Å². The summed E-state index contributed by atoms with van der Waals surface area (Å²) in [6.45, 7) is 1.04. The highest BCUT2D eigenvalue weighted by Crippen LogP contribution is 2.21. The number of aromatic nitrogens is 2. The lowest BCUT2D eigenvalue weighted by Crippen LogP contribution is -2.08. The Balaban J connectivity index is 2.02. The minimum absolute atomic E-state index is 0.767. The van der Waals surface area contributed by atoms with Crippen molar-refractivity contribution in [2.24, 2.45) is 0 Å². The van der Waals surface area contributed by atoms with Gasteiger partial charge in [0.1, 0.15) is 0 Å². The molecule has 0 aliphatic heterocycles. The number of nitrogens with zero attached hydrogens (tertiary/aromatic N) is 1. The maximum absolute atomic E-state index is 5.71. The van der Waals surface area contributed by atoms with E-state index in [4.69, 9.17) is 5.73 Å². The second-order valence-corrected chi connectivity index (χ2v) is 4.71. The van der Waals surface area contributed by atoms with Gasteiger partial charge < -0.3 is 16.0 Å². The molecule has 4 nitrogen and oxygen atoms in total. The van der Waals surface area contributed by atoms with Gasteiger partial charge in [0, 0.05) is 11.4 Å². The highest BCUT2D eigenvalue weighted by molar-refractivity contribution is 7.99. The van der Waals surface area contributed by atoms with E-state index in [1.54, 1.807) is 11.8 Å². The lowest BCUT2D eigenvalue weighted by Gasteiger charge is -1.96. The highest BCUT2D eigenvalue weighted by atomic mass is 32.2. The quantitative estimate of drug-likeness (QED) is 0.421. The monoisotopic (exact) mass is 236 g/mol. The van der Waals surface area contributed by atoms with Gasteiger partial charge in [0.2, 0.25) is 0 Å². The van der Waals surface area contributed by atoms with Crippen LogP contribution in [0, 0.1) is 0 Å². The van der Waals surface area contributed by atoms with E-state index in [0.29, 0.717) is 0 Å². The summed E-state index contributed by atoms with van der Waals surface area (Å²) in [6, 6.07) is 5.73. The van der Waals surface area contributed by atoms with E-state index in [-0.39, 0.29) is 0 Å². The van der Waals surface area contributed by atoms with E-state index in [1.165, 1.54) is 0 Å². The molecule has 0 unspecified atom stereocenters. The second-order valence-electron chi connectivity index (χ2n) is 3.62. The minimum Gasteiger partial charge on any atom is -0.399 e. The summed E-state index contributed by atoms with van der Waals surface area (Å²) in [6.07, 6.45) is 1.14.